The lowest BCUT2D eigenvalue weighted by molar-refractivity contribution is 0.552. The van der Waals surface area contributed by atoms with Gasteiger partial charge >= 0.3 is 0 Å². The van der Waals surface area contributed by atoms with Gasteiger partial charge in [-0.1, -0.05) is 26.0 Å². The van der Waals surface area contributed by atoms with E-state index in [1.54, 1.807) is 17.4 Å². The number of nitrogens with one attached hydrogen (secondary N) is 1. The van der Waals surface area contributed by atoms with Gasteiger partial charge in [0.25, 0.3) is 0 Å². The molecule has 0 bridgehead atoms. The summed E-state index contributed by atoms with van der Waals surface area (Å²) in [7, 11) is 2.01. The first-order valence-electron chi connectivity index (χ1n) is 6.82. The minimum absolute atomic E-state index is 0.145. The molecule has 1 heterocycles. The summed E-state index contributed by atoms with van der Waals surface area (Å²) >= 11 is 1.72. The van der Waals surface area contributed by atoms with Crippen molar-refractivity contribution in [3.05, 3.63) is 52.0 Å². The van der Waals surface area contributed by atoms with Crippen molar-refractivity contribution in [3.8, 4) is 0 Å². The molecule has 20 heavy (non-hydrogen) atoms. The van der Waals surface area contributed by atoms with Crippen LogP contribution >= 0.6 is 11.3 Å². The van der Waals surface area contributed by atoms with Crippen molar-refractivity contribution in [2.24, 2.45) is 0 Å². The fourth-order valence-corrected chi connectivity index (χ4v) is 2.86. The summed E-state index contributed by atoms with van der Waals surface area (Å²) in [5.74, 6) is -0.145. The van der Waals surface area contributed by atoms with Gasteiger partial charge < -0.3 is 10.2 Å². The minimum Gasteiger partial charge on any atom is -0.369 e. The van der Waals surface area contributed by atoms with Crippen molar-refractivity contribution in [3.63, 3.8) is 0 Å². The van der Waals surface area contributed by atoms with Crippen LogP contribution in [-0.2, 0) is 13.1 Å². The van der Waals surface area contributed by atoms with Crippen molar-refractivity contribution < 1.29 is 4.39 Å². The molecular formula is C16H21FN2S. The van der Waals surface area contributed by atoms with E-state index in [9.17, 15) is 4.39 Å². The van der Waals surface area contributed by atoms with Gasteiger partial charge in [0.15, 0.2) is 0 Å². The number of hydrogen-bond donors (Lipinski definition) is 1. The van der Waals surface area contributed by atoms with Crippen LogP contribution in [0.4, 0.5) is 10.1 Å². The molecule has 0 atom stereocenters. The largest absolute Gasteiger partial charge is 0.369 e. The molecule has 2 nitrogen and oxygen atoms in total. The van der Waals surface area contributed by atoms with E-state index in [-0.39, 0.29) is 5.82 Å². The standard InChI is InChI=1S/C16H21FN2S/c1-12(2)18-10-14-15(17)7-4-8-16(14)19(3)11-13-6-5-9-20-13/h4-9,12,18H,10-11H2,1-3H3. The first-order valence-corrected chi connectivity index (χ1v) is 7.70. The number of halogens is 1. The SMILES string of the molecule is CC(C)NCc1c(F)cccc1N(C)Cc1cccs1. The number of anilines is 1. The van der Waals surface area contributed by atoms with Crippen LogP contribution < -0.4 is 10.2 Å². The molecular weight excluding hydrogens is 271 g/mol. The number of thiophene rings is 1. The van der Waals surface area contributed by atoms with Gasteiger partial charge in [0, 0.05) is 35.8 Å². The van der Waals surface area contributed by atoms with Gasteiger partial charge in [-0.2, -0.15) is 0 Å². The smallest absolute Gasteiger partial charge is 0.129 e. The second kappa shape index (κ2) is 6.86. The van der Waals surface area contributed by atoms with Gasteiger partial charge in [-0.25, -0.2) is 4.39 Å². The van der Waals surface area contributed by atoms with E-state index in [0.29, 0.717) is 12.6 Å². The van der Waals surface area contributed by atoms with E-state index >= 15 is 0 Å². The molecule has 0 amide bonds. The van der Waals surface area contributed by atoms with Gasteiger partial charge in [-0.15, -0.1) is 11.3 Å². The maximum atomic E-state index is 14.1. The molecule has 0 unspecified atom stereocenters. The highest BCUT2D eigenvalue weighted by atomic mass is 32.1. The zero-order valence-electron chi connectivity index (χ0n) is 12.2. The monoisotopic (exact) mass is 292 g/mol. The summed E-state index contributed by atoms with van der Waals surface area (Å²) in [6.45, 7) is 5.48. The fourth-order valence-electron chi connectivity index (χ4n) is 2.11. The van der Waals surface area contributed by atoms with E-state index < -0.39 is 0 Å². The molecule has 0 saturated carbocycles. The van der Waals surface area contributed by atoms with E-state index in [1.807, 2.05) is 19.2 Å². The summed E-state index contributed by atoms with van der Waals surface area (Å²) in [4.78, 5) is 3.38. The van der Waals surface area contributed by atoms with Crippen LogP contribution in [0.5, 0.6) is 0 Å². The Morgan fingerprint density at radius 1 is 1.25 bits per heavy atom. The van der Waals surface area contributed by atoms with E-state index in [0.717, 1.165) is 17.8 Å². The van der Waals surface area contributed by atoms with Crippen LogP contribution in [0.1, 0.15) is 24.3 Å². The van der Waals surface area contributed by atoms with Crippen molar-refractivity contribution in [1.29, 1.82) is 0 Å². The van der Waals surface area contributed by atoms with Crippen molar-refractivity contribution >= 4 is 17.0 Å². The molecule has 0 aliphatic carbocycles. The second-order valence-electron chi connectivity index (χ2n) is 5.21. The van der Waals surface area contributed by atoms with Crippen LogP contribution in [0.25, 0.3) is 0 Å². The average molecular weight is 292 g/mol. The van der Waals surface area contributed by atoms with Crippen LogP contribution in [0.2, 0.25) is 0 Å². The quantitative estimate of drug-likeness (QED) is 0.865. The van der Waals surface area contributed by atoms with E-state index in [1.165, 1.54) is 10.9 Å². The zero-order valence-corrected chi connectivity index (χ0v) is 13.0. The lowest BCUT2D eigenvalue weighted by atomic mass is 10.1. The fraction of sp³-hybridized carbons (Fsp3) is 0.375. The number of nitrogens with zero attached hydrogens (tertiary/aromatic N) is 1. The molecule has 1 N–H and O–H groups in total. The number of benzene rings is 1. The highest BCUT2D eigenvalue weighted by molar-refractivity contribution is 7.09. The van der Waals surface area contributed by atoms with Gasteiger partial charge in [0.05, 0.1) is 6.54 Å². The molecule has 0 saturated heterocycles. The normalized spacial score (nSPS) is 11.1. The third kappa shape index (κ3) is 3.81. The molecule has 2 aromatic rings. The Hall–Kier alpha value is -1.39. The number of rotatable bonds is 6. The van der Waals surface area contributed by atoms with Gasteiger partial charge in [-0.05, 0) is 23.6 Å². The molecule has 1 aromatic heterocycles. The summed E-state index contributed by atoms with van der Waals surface area (Å²) in [6.07, 6.45) is 0. The van der Waals surface area contributed by atoms with Crippen molar-refractivity contribution in [2.75, 3.05) is 11.9 Å². The highest BCUT2D eigenvalue weighted by Gasteiger charge is 2.12. The highest BCUT2D eigenvalue weighted by Crippen LogP contribution is 2.24. The Bertz CT molecular complexity index is 537. The van der Waals surface area contributed by atoms with Crippen LogP contribution in [0.15, 0.2) is 35.7 Å². The average Bonchev–Trinajstić information content (AvgIpc) is 2.89. The molecule has 0 aliphatic heterocycles. The van der Waals surface area contributed by atoms with E-state index in [2.05, 4.69) is 35.5 Å². The molecule has 0 spiro atoms. The number of hydrogen-bond acceptors (Lipinski definition) is 3. The molecule has 0 radical (unpaired) electrons. The molecule has 2 rings (SSSR count). The summed E-state index contributed by atoms with van der Waals surface area (Å²) in [6, 6.07) is 9.76. The minimum atomic E-state index is -0.145. The molecule has 0 aliphatic rings. The Balaban J connectivity index is 2.19. The summed E-state index contributed by atoms with van der Waals surface area (Å²) in [5, 5.41) is 5.36. The Kier molecular flexibility index (Phi) is 5.15. The third-order valence-electron chi connectivity index (χ3n) is 3.17. The predicted molar refractivity (Wildman–Crippen MR) is 84.8 cm³/mol. The van der Waals surface area contributed by atoms with Crippen molar-refractivity contribution in [1.82, 2.24) is 5.32 Å². The molecule has 0 fully saturated rings. The predicted octanol–water partition coefficient (Wildman–Crippen LogP) is 4.02. The van der Waals surface area contributed by atoms with Crippen LogP contribution in [-0.4, -0.2) is 13.1 Å². The van der Waals surface area contributed by atoms with Crippen molar-refractivity contribution in [2.45, 2.75) is 33.0 Å². The Morgan fingerprint density at radius 3 is 2.70 bits per heavy atom. The summed E-state index contributed by atoms with van der Waals surface area (Å²) in [5.41, 5.74) is 1.69. The van der Waals surface area contributed by atoms with Gasteiger partial charge in [-0.3, -0.25) is 0 Å². The van der Waals surface area contributed by atoms with E-state index in [4.69, 9.17) is 0 Å². The van der Waals surface area contributed by atoms with Gasteiger partial charge in [0.2, 0.25) is 0 Å². The Morgan fingerprint density at radius 2 is 2.05 bits per heavy atom. The maximum Gasteiger partial charge on any atom is 0.129 e. The molecule has 4 heteroatoms. The van der Waals surface area contributed by atoms with Crippen LogP contribution in [0, 0.1) is 5.82 Å². The maximum absolute atomic E-state index is 14.1. The topological polar surface area (TPSA) is 15.3 Å². The van der Waals surface area contributed by atoms with Gasteiger partial charge in [0.1, 0.15) is 5.82 Å². The molecule has 108 valence electrons. The molecule has 1 aromatic carbocycles. The first-order chi connectivity index (χ1) is 9.58. The lowest BCUT2D eigenvalue weighted by Gasteiger charge is -2.23. The first kappa shape index (κ1) is 15.0. The van der Waals surface area contributed by atoms with Crippen LogP contribution in [0.3, 0.4) is 0 Å². The Labute approximate surface area is 124 Å². The lowest BCUT2D eigenvalue weighted by Crippen LogP contribution is -2.25. The second-order valence-corrected chi connectivity index (χ2v) is 6.24. The third-order valence-corrected chi connectivity index (χ3v) is 4.03. The summed E-state index contributed by atoms with van der Waals surface area (Å²) < 4.78 is 14.1. The zero-order chi connectivity index (χ0) is 14.5.